The lowest BCUT2D eigenvalue weighted by Crippen LogP contribution is -2.36. The molecule has 4 heteroatoms. The molecule has 2 aliphatic rings. The van der Waals surface area contributed by atoms with Crippen LogP contribution in [0.15, 0.2) is 24.3 Å². The van der Waals surface area contributed by atoms with Crippen LogP contribution in [-0.2, 0) is 9.59 Å². The summed E-state index contributed by atoms with van der Waals surface area (Å²) < 4.78 is 0. The molecule has 0 aromatic heterocycles. The molecule has 1 N–H and O–H groups in total. The van der Waals surface area contributed by atoms with Crippen molar-refractivity contribution in [2.75, 3.05) is 5.01 Å². The van der Waals surface area contributed by atoms with Gasteiger partial charge in [-0.3, -0.25) is 15.0 Å². The van der Waals surface area contributed by atoms with Crippen molar-refractivity contribution in [3.8, 4) is 0 Å². The van der Waals surface area contributed by atoms with E-state index in [9.17, 15) is 9.59 Å². The van der Waals surface area contributed by atoms with E-state index in [0.717, 1.165) is 24.1 Å². The molecule has 2 fully saturated rings. The van der Waals surface area contributed by atoms with Crippen LogP contribution in [0.2, 0.25) is 0 Å². The van der Waals surface area contributed by atoms with E-state index in [1.54, 1.807) is 0 Å². The van der Waals surface area contributed by atoms with E-state index in [4.69, 9.17) is 0 Å². The van der Waals surface area contributed by atoms with Crippen LogP contribution in [0.25, 0.3) is 0 Å². The minimum absolute atomic E-state index is 0.0890. The third-order valence-corrected chi connectivity index (χ3v) is 4.01. The summed E-state index contributed by atoms with van der Waals surface area (Å²) in [7, 11) is 0. The number of aryl methyl sites for hydroxylation is 1. The molecule has 0 bridgehead atoms. The zero-order chi connectivity index (χ0) is 12.8. The second-order valence-electron chi connectivity index (χ2n) is 5.21. The number of nitrogens with one attached hydrogen (secondary N) is 1. The molecule has 4 nitrogen and oxygen atoms in total. The molecule has 1 heterocycles. The molecular weight excluding hydrogens is 228 g/mol. The highest BCUT2D eigenvalue weighted by molar-refractivity contribution is 6.18. The van der Waals surface area contributed by atoms with Gasteiger partial charge in [0.25, 0.3) is 11.8 Å². The first kappa shape index (κ1) is 11.3. The third kappa shape index (κ3) is 1.45. The fourth-order valence-electron chi connectivity index (χ4n) is 2.87. The summed E-state index contributed by atoms with van der Waals surface area (Å²) in [6, 6.07) is 7.60. The highest BCUT2D eigenvalue weighted by Gasteiger charge is 2.55. The van der Waals surface area contributed by atoms with E-state index in [1.807, 2.05) is 31.2 Å². The van der Waals surface area contributed by atoms with Crippen LogP contribution >= 0.6 is 0 Å². The number of amides is 2. The van der Waals surface area contributed by atoms with E-state index in [-0.39, 0.29) is 11.8 Å². The van der Waals surface area contributed by atoms with Gasteiger partial charge in [-0.25, -0.2) is 5.01 Å². The maximum absolute atomic E-state index is 12.5. The first-order chi connectivity index (χ1) is 8.63. The topological polar surface area (TPSA) is 49.4 Å². The first-order valence-electron chi connectivity index (χ1n) is 6.36. The average Bonchev–Trinajstić information content (AvgIpc) is 2.94. The number of benzene rings is 1. The lowest BCUT2D eigenvalue weighted by Gasteiger charge is -2.18. The van der Waals surface area contributed by atoms with Crippen LogP contribution in [0.1, 0.15) is 31.2 Å². The number of nitrogens with zero attached hydrogens (tertiary/aromatic N) is 1. The van der Waals surface area contributed by atoms with Gasteiger partial charge in [-0.1, -0.05) is 30.5 Å². The summed E-state index contributed by atoms with van der Waals surface area (Å²) in [5.74, 6) is -0.223. The minimum Gasteiger partial charge on any atom is -0.272 e. The van der Waals surface area contributed by atoms with Gasteiger partial charge in [0.2, 0.25) is 0 Å². The predicted octanol–water partition coefficient (Wildman–Crippen LogP) is 1.93. The molecule has 1 aliphatic carbocycles. The van der Waals surface area contributed by atoms with Crippen LogP contribution in [0.3, 0.4) is 0 Å². The van der Waals surface area contributed by atoms with Crippen molar-refractivity contribution < 1.29 is 9.59 Å². The van der Waals surface area contributed by atoms with E-state index < -0.39 is 5.41 Å². The average molecular weight is 244 g/mol. The fourth-order valence-corrected chi connectivity index (χ4v) is 2.87. The maximum atomic E-state index is 12.5. The standard InChI is InChI=1S/C14H16N2O2/c1-10-4-6-11(7-5-10)16-13(18)14(12(17)15-16)8-2-3-9-14/h4-7H,2-3,8-9H2,1H3,(H,15,17). The van der Waals surface area contributed by atoms with Gasteiger partial charge in [-0.15, -0.1) is 0 Å². The fraction of sp³-hybridized carbons (Fsp3) is 0.429. The predicted molar refractivity (Wildman–Crippen MR) is 67.7 cm³/mol. The van der Waals surface area contributed by atoms with E-state index >= 15 is 0 Å². The van der Waals surface area contributed by atoms with Crippen molar-refractivity contribution in [2.24, 2.45) is 5.41 Å². The molecule has 0 radical (unpaired) electrons. The molecule has 0 unspecified atom stereocenters. The maximum Gasteiger partial charge on any atom is 0.261 e. The van der Waals surface area contributed by atoms with Crippen molar-refractivity contribution in [3.63, 3.8) is 0 Å². The quantitative estimate of drug-likeness (QED) is 0.767. The molecule has 1 aliphatic heterocycles. The highest BCUT2D eigenvalue weighted by atomic mass is 16.2. The normalized spacial score (nSPS) is 21.7. The molecule has 0 atom stereocenters. The highest BCUT2D eigenvalue weighted by Crippen LogP contribution is 2.43. The van der Waals surface area contributed by atoms with Crippen molar-refractivity contribution in [3.05, 3.63) is 29.8 Å². The number of carbonyl (C=O) groups is 2. The summed E-state index contributed by atoms with van der Waals surface area (Å²) in [5, 5.41) is 1.41. The number of hydrogen-bond donors (Lipinski definition) is 1. The van der Waals surface area contributed by atoms with Crippen LogP contribution in [0.4, 0.5) is 5.69 Å². The number of hydrogen-bond acceptors (Lipinski definition) is 2. The Kier molecular flexibility index (Phi) is 2.40. The Bertz CT molecular complexity index is 501. The van der Waals surface area contributed by atoms with E-state index in [1.165, 1.54) is 5.01 Å². The van der Waals surface area contributed by atoms with Gasteiger partial charge >= 0.3 is 0 Å². The molecule has 94 valence electrons. The molecule has 1 saturated heterocycles. The Morgan fingerprint density at radius 1 is 1.11 bits per heavy atom. The summed E-state index contributed by atoms with van der Waals surface area (Å²) in [5.41, 5.74) is 3.80. The van der Waals surface area contributed by atoms with Gasteiger partial charge in [-0.2, -0.15) is 0 Å². The number of rotatable bonds is 1. The summed E-state index contributed by atoms with van der Waals surface area (Å²) in [6.07, 6.45) is 3.28. The molecular formula is C14H16N2O2. The molecule has 1 spiro atoms. The van der Waals surface area contributed by atoms with Crippen LogP contribution in [0.5, 0.6) is 0 Å². The van der Waals surface area contributed by atoms with Gasteiger partial charge in [0, 0.05) is 0 Å². The Balaban J connectivity index is 1.94. The lowest BCUT2D eigenvalue weighted by atomic mass is 9.85. The Hall–Kier alpha value is -1.84. The number of anilines is 1. The SMILES string of the molecule is Cc1ccc(N2NC(=O)C3(CCCC3)C2=O)cc1. The first-order valence-corrected chi connectivity index (χ1v) is 6.36. The lowest BCUT2D eigenvalue weighted by molar-refractivity contribution is -0.134. The molecule has 1 aromatic rings. The molecule has 2 amide bonds. The second-order valence-corrected chi connectivity index (χ2v) is 5.21. The van der Waals surface area contributed by atoms with Crippen molar-refractivity contribution >= 4 is 17.5 Å². The van der Waals surface area contributed by atoms with Gasteiger partial charge in [-0.05, 0) is 31.9 Å². The third-order valence-electron chi connectivity index (χ3n) is 4.01. The van der Waals surface area contributed by atoms with E-state index in [2.05, 4.69) is 5.43 Å². The van der Waals surface area contributed by atoms with Gasteiger partial charge in [0.05, 0.1) is 5.69 Å². The largest absolute Gasteiger partial charge is 0.272 e. The van der Waals surface area contributed by atoms with E-state index in [0.29, 0.717) is 12.8 Å². The van der Waals surface area contributed by atoms with Crippen LogP contribution < -0.4 is 10.4 Å². The Labute approximate surface area is 106 Å². The zero-order valence-corrected chi connectivity index (χ0v) is 10.4. The smallest absolute Gasteiger partial charge is 0.261 e. The number of carbonyl (C=O) groups excluding carboxylic acids is 2. The molecule has 3 rings (SSSR count). The van der Waals surface area contributed by atoms with Gasteiger partial charge in [0.15, 0.2) is 0 Å². The van der Waals surface area contributed by atoms with Crippen molar-refractivity contribution in [2.45, 2.75) is 32.6 Å². The zero-order valence-electron chi connectivity index (χ0n) is 10.4. The minimum atomic E-state index is -0.787. The second kappa shape index (κ2) is 3.83. The van der Waals surface area contributed by atoms with Crippen LogP contribution in [-0.4, -0.2) is 11.8 Å². The van der Waals surface area contributed by atoms with Crippen molar-refractivity contribution in [1.29, 1.82) is 0 Å². The molecule has 1 aromatic carbocycles. The van der Waals surface area contributed by atoms with Gasteiger partial charge < -0.3 is 0 Å². The number of hydrazine groups is 1. The monoisotopic (exact) mass is 244 g/mol. The summed E-state index contributed by atoms with van der Waals surface area (Å²) in [4.78, 5) is 24.6. The van der Waals surface area contributed by atoms with Crippen molar-refractivity contribution in [1.82, 2.24) is 5.43 Å². The summed E-state index contributed by atoms with van der Waals surface area (Å²) in [6.45, 7) is 1.99. The molecule has 18 heavy (non-hydrogen) atoms. The van der Waals surface area contributed by atoms with Crippen LogP contribution in [0, 0.1) is 12.3 Å². The van der Waals surface area contributed by atoms with Gasteiger partial charge in [0.1, 0.15) is 5.41 Å². The summed E-state index contributed by atoms with van der Waals surface area (Å²) >= 11 is 0. The Morgan fingerprint density at radius 2 is 1.72 bits per heavy atom. The Morgan fingerprint density at radius 3 is 2.33 bits per heavy atom. The molecule has 1 saturated carbocycles.